The van der Waals surface area contributed by atoms with E-state index in [1.165, 1.54) is 71.5 Å². The summed E-state index contributed by atoms with van der Waals surface area (Å²) in [5.41, 5.74) is 20.6. The summed E-state index contributed by atoms with van der Waals surface area (Å²) in [6.45, 7) is 16.6. The first-order valence-corrected chi connectivity index (χ1v) is 17.4. The van der Waals surface area contributed by atoms with Crippen molar-refractivity contribution in [2.24, 2.45) is 5.41 Å². The maximum absolute atomic E-state index is 2.61. The molecule has 2 aromatic carbocycles. The quantitative estimate of drug-likeness (QED) is 0.223. The molecule has 0 saturated carbocycles. The van der Waals surface area contributed by atoms with Gasteiger partial charge < -0.3 is 4.57 Å². The van der Waals surface area contributed by atoms with Crippen LogP contribution in [0.1, 0.15) is 92.5 Å². The molecule has 0 radical (unpaired) electrons. The van der Waals surface area contributed by atoms with Gasteiger partial charge in [0, 0.05) is 21.1 Å². The van der Waals surface area contributed by atoms with Crippen LogP contribution in [-0.2, 0) is 6.42 Å². The molecule has 0 amide bonds. The Labute approximate surface area is 266 Å². The van der Waals surface area contributed by atoms with Crippen LogP contribution in [0.25, 0.3) is 38.5 Å². The predicted molar refractivity (Wildman–Crippen MR) is 192 cm³/mol. The van der Waals surface area contributed by atoms with Gasteiger partial charge >= 0.3 is 0 Å². The molecule has 0 unspecified atom stereocenters. The van der Waals surface area contributed by atoms with Crippen LogP contribution in [0.4, 0.5) is 0 Å². The van der Waals surface area contributed by atoms with Crippen LogP contribution in [0, 0.1) is 26.2 Å². The van der Waals surface area contributed by atoms with Gasteiger partial charge in [0.25, 0.3) is 0 Å². The van der Waals surface area contributed by atoms with Crippen LogP contribution in [0.3, 0.4) is 0 Å². The lowest BCUT2D eigenvalue weighted by Crippen LogP contribution is -2.13. The summed E-state index contributed by atoms with van der Waals surface area (Å²) in [7, 11) is 0. The van der Waals surface area contributed by atoms with E-state index in [1.807, 2.05) is 11.3 Å². The minimum absolute atomic E-state index is 0.108. The van der Waals surface area contributed by atoms with Crippen molar-refractivity contribution in [2.45, 2.75) is 87.0 Å². The highest BCUT2D eigenvalue weighted by Gasteiger charge is 2.38. The first kappa shape index (κ1) is 27.9. The number of nitrogens with zero attached hydrogens (tertiary/aromatic N) is 1. The topological polar surface area (TPSA) is 4.93 Å². The third-order valence-corrected chi connectivity index (χ3v) is 12.4. The van der Waals surface area contributed by atoms with E-state index in [-0.39, 0.29) is 5.41 Å². The fourth-order valence-electron chi connectivity index (χ4n) is 8.69. The number of thiophene rings is 1. The molecule has 44 heavy (non-hydrogen) atoms. The minimum Gasteiger partial charge on any atom is -0.300 e. The molecule has 4 aromatic rings. The van der Waals surface area contributed by atoms with E-state index < -0.39 is 0 Å². The summed E-state index contributed by atoms with van der Waals surface area (Å²) in [4.78, 5) is 2.84. The second-order valence-corrected chi connectivity index (χ2v) is 15.1. The maximum atomic E-state index is 2.61. The molecule has 0 saturated heterocycles. The molecule has 0 fully saturated rings. The van der Waals surface area contributed by atoms with Gasteiger partial charge in [-0.2, -0.15) is 0 Å². The Morgan fingerprint density at radius 3 is 2.45 bits per heavy atom. The predicted octanol–water partition coefficient (Wildman–Crippen LogP) is 12.2. The van der Waals surface area contributed by atoms with Gasteiger partial charge in [-0.05, 0) is 147 Å². The number of para-hydroxylation sites is 1. The molecule has 222 valence electrons. The van der Waals surface area contributed by atoms with Gasteiger partial charge in [-0.25, -0.2) is 0 Å². The van der Waals surface area contributed by atoms with Gasteiger partial charge in [0.15, 0.2) is 0 Å². The van der Waals surface area contributed by atoms with E-state index in [2.05, 4.69) is 114 Å². The van der Waals surface area contributed by atoms with Crippen molar-refractivity contribution in [3.63, 3.8) is 0 Å². The van der Waals surface area contributed by atoms with E-state index in [9.17, 15) is 0 Å². The third kappa shape index (κ3) is 3.83. The largest absolute Gasteiger partial charge is 0.300 e. The molecule has 4 aliphatic carbocycles. The van der Waals surface area contributed by atoms with Crippen LogP contribution in [0.5, 0.6) is 0 Å². The van der Waals surface area contributed by atoms with E-state index in [0.29, 0.717) is 0 Å². The van der Waals surface area contributed by atoms with Gasteiger partial charge in [0.1, 0.15) is 4.83 Å². The summed E-state index contributed by atoms with van der Waals surface area (Å²) < 4.78 is 2.61. The highest BCUT2D eigenvalue weighted by Crippen LogP contribution is 2.54. The number of aryl methyl sites for hydroxylation is 3. The molecule has 8 rings (SSSR count). The smallest absolute Gasteiger partial charge is 0.109 e. The lowest BCUT2D eigenvalue weighted by molar-refractivity contribution is 0.558. The molecular formula is C42H43NS. The fourth-order valence-corrected chi connectivity index (χ4v) is 10.0. The highest BCUT2D eigenvalue weighted by molar-refractivity contribution is 7.20. The zero-order valence-corrected chi connectivity index (χ0v) is 28.2. The van der Waals surface area contributed by atoms with Gasteiger partial charge in [-0.3, -0.25) is 0 Å². The molecule has 2 heteroatoms. The van der Waals surface area contributed by atoms with Crippen molar-refractivity contribution in [1.82, 2.24) is 4.57 Å². The molecule has 0 aliphatic heterocycles. The Balaban J connectivity index is 1.34. The van der Waals surface area contributed by atoms with Gasteiger partial charge in [-0.1, -0.05) is 68.0 Å². The summed E-state index contributed by atoms with van der Waals surface area (Å²) in [6.07, 6.45) is 18.9. The van der Waals surface area contributed by atoms with Crippen molar-refractivity contribution < 1.29 is 0 Å². The maximum Gasteiger partial charge on any atom is 0.109 e. The third-order valence-electron chi connectivity index (χ3n) is 11.2. The van der Waals surface area contributed by atoms with E-state index in [4.69, 9.17) is 0 Å². The summed E-state index contributed by atoms with van der Waals surface area (Å²) >= 11 is 1.98. The average Bonchev–Trinajstić information content (AvgIpc) is 3.61. The molecule has 0 N–H and O–H groups in total. The number of hydrogen-bond donors (Lipinski definition) is 0. The number of hydrogen-bond acceptors (Lipinski definition) is 1. The lowest BCUT2D eigenvalue weighted by Gasteiger charge is -2.26. The Bertz CT molecular complexity index is 2120. The van der Waals surface area contributed by atoms with Crippen LogP contribution in [0.15, 0.2) is 88.1 Å². The molecule has 0 bridgehead atoms. The lowest BCUT2D eigenvalue weighted by atomic mass is 9.78. The molecule has 4 aliphatic rings. The van der Waals surface area contributed by atoms with Crippen molar-refractivity contribution in [2.75, 3.05) is 0 Å². The first-order valence-electron chi connectivity index (χ1n) is 16.5. The monoisotopic (exact) mass is 593 g/mol. The molecule has 2 heterocycles. The Hall–Kier alpha value is -3.62. The van der Waals surface area contributed by atoms with Crippen molar-refractivity contribution >= 4 is 44.1 Å². The number of aromatic nitrogens is 1. The van der Waals surface area contributed by atoms with E-state index in [1.54, 1.807) is 33.4 Å². The van der Waals surface area contributed by atoms with Crippen LogP contribution in [0.2, 0.25) is 0 Å². The first-order chi connectivity index (χ1) is 21.2. The van der Waals surface area contributed by atoms with Crippen LogP contribution in [-0.4, -0.2) is 4.57 Å². The molecule has 2 aromatic heterocycles. The van der Waals surface area contributed by atoms with Crippen molar-refractivity contribution in [3.05, 3.63) is 121 Å². The SMILES string of the molecule is CC1=C(C2=C(C)C(C)(C)C3=C2CCC=C3)CCC=C1c1cc(C)cc(-n2c3sc4c(c3c3cccc(C)c32)CCC=C4)c1C. The zero-order chi connectivity index (χ0) is 30.5. The molecule has 0 spiro atoms. The highest BCUT2D eigenvalue weighted by atomic mass is 32.1. The fraction of sp³-hybridized carbons (Fsp3) is 0.333. The zero-order valence-electron chi connectivity index (χ0n) is 27.4. The van der Waals surface area contributed by atoms with E-state index in [0.717, 1.165) is 32.1 Å². The second kappa shape index (κ2) is 9.94. The van der Waals surface area contributed by atoms with Crippen molar-refractivity contribution in [1.29, 1.82) is 0 Å². The number of allylic oxidation sites excluding steroid dienone is 11. The van der Waals surface area contributed by atoms with E-state index >= 15 is 0 Å². The Kier molecular flexibility index (Phi) is 6.30. The second-order valence-electron chi connectivity index (χ2n) is 14.0. The normalized spacial score (nSPS) is 19.5. The molecule has 1 nitrogen and oxygen atoms in total. The van der Waals surface area contributed by atoms with Gasteiger partial charge in [0.2, 0.25) is 0 Å². The van der Waals surface area contributed by atoms with Crippen LogP contribution < -0.4 is 0 Å². The minimum atomic E-state index is 0.108. The summed E-state index contributed by atoms with van der Waals surface area (Å²) in [5.74, 6) is 0. The van der Waals surface area contributed by atoms with Gasteiger partial charge in [0.05, 0.1) is 11.2 Å². The van der Waals surface area contributed by atoms with Crippen molar-refractivity contribution in [3.8, 4) is 5.69 Å². The summed E-state index contributed by atoms with van der Waals surface area (Å²) in [5, 5.41) is 2.88. The Morgan fingerprint density at radius 1 is 0.841 bits per heavy atom. The molecular weight excluding hydrogens is 551 g/mol. The van der Waals surface area contributed by atoms with Crippen LogP contribution >= 0.6 is 11.3 Å². The summed E-state index contributed by atoms with van der Waals surface area (Å²) in [6, 6.07) is 11.8. The number of benzene rings is 2. The Morgan fingerprint density at radius 2 is 1.61 bits per heavy atom. The number of rotatable bonds is 3. The molecule has 0 atom stereocenters. The standard InChI is InChI=1S/C42H43NS/c1-24-22-34(29-17-13-18-30(26(29)3)38-28(5)42(6,7)35-20-10-8-15-31(35)38)27(4)36(23-24)43-40-25(2)14-12-19-33(40)39-32-16-9-11-21-37(32)44-41(39)43/h10-12,14,17,19-23H,8-9,13,15-16,18H2,1-7H3. The average molecular weight is 594 g/mol. The van der Waals surface area contributed by atoms with Gasteiger partial charge in [-0.15, -0.1) is 11.3 Å². The number of fused-ring (bicyclic) bond motifs is 5.